The minimum atomic E-state index is 0.0891. The Kier molecular flexibility index (Phi) is 5.67. The molecule has 3 rings (SSSR count). The van der Waals surface area contributed by atoms with Gasteiger partial charge in [0.15, 0.2) is 11.5 Å². The van der Waals surface area contributed by atoms with E-state index in [9.17, 15) is 5.11 Å². The molecule has 0 saturated heterocycles. The summed E-state index contributed by atoms with van der Waals surface area (Å²) in [6.45, 7) is 2.34. The fraction of sp³-hybridized carbons (Fsp3) is 0.111. The Labute approximate surface area is 158 Å². The van der Waals surface area contributed by atoms with Crippen LogP contribution in [0.3, 0.4) is 0 Å². The van der Waals surface area contributed by atoms with Gasteiger partial charge in [0, 0.05) is 21.0 Å². The van der Waals surface area contributed by atoms with Gasteiger partial charge in [-0.25, -0.2) is 4.98 Å². The lowest BCUT2D eigenvalue weighted by molar-refractivity contribution is 0.318. The quantitative estimate of drug-likeness (QED) is 0.431. The van der Waals surface area contributed by atoms with Crippen LogP contribution in [0, 0.1) is 0 Å². The first kappa shape index (κ1) is 17.4. The molecule has 0 aliphatic carbocycles. The van der Waals surface area contributed by atoms with Gasteiger partial charge in [0.2, 0.25) is 5.13 Å². The topological polar surface area (TPSA) is 66.7 Å². The summed E-state index contributed by atoms with van der Waals surface area (Å²) in [6, 6.07) is 13.3. The number of nitrogens with one attached hydrogen (secondary N) is 1. The van der Waals surface area contributed by atoms with Crippen molar-refractivity contribution in [3.8, 4) is 22.8 Å². The van der Waals surface area contributed by atoms with Crippen LogP contribution in [0.5, 0.6) is 11.5 Å². The summed E-state index contributed by atoms with van der Waals surface area (Å²) < 4.78 is 6.11. The van der Waals surface area contributed by atoms with Crippen molar-refractivity contribution >= 4 is 38.6 Å². The standard InChI is InChI=1S/C18H16BrN3O2S/c1-2-24-17-8-13(14(19)9-16(17)23)10-20-22-18-21-15(11-25-18)12-6-4-3-5-7-12/h3-11,23H,2H2,1H3,(H,21,22). The zero-order valence-electron chi connectivity index (χ0n) is 13.4. The van der Waals surface area contributed by atoms with Gasteiger partial charge in [0.05, 0.1) is 18.5 Å². The van der Waals surface area contributed by atoms with Crippen molar-refractivity contribution in [1.82, 2.24) is 4.98 Å². The maximum Gasteiger partial charge on any atom is 0.203 e. The predicted octanol–water partition coefficient (Wildman–Crippen LogP) is 5.12. The van der Waals surface area contributed by atoms with E-state index in [2.05, 4.69) is 31.4 Å². The lowest BCUT2D eigenvalue weighted by Gasteiger charge is -2.08. The molecule has 0 aliphatic rings. The molecule has 2 aromatic carbocycles. The summed E-state index contributed by atoms with van der Waals surface area (Å²) in [5.41, 5.74) is 5.69. The Balaban J connectivity index is 1.72. The van der Waals surface area contributed by atoms with Gasteiger partial charge in [0.25, 0.3) is 0 Å². The van der Waals surface area contributed by atoms with Crippen LogP contribution in [-0.2, 0) is 0 Å². The SMILES string of the molecule is CCOc1cc(C=NNc2nc(-c3ccccc3)cs2)c(Br)cc1O. The van der Waals surface area contributed by atoms with Crippen LogP contribution in [-0.4, -0.2) is 22.9 Å². The summed E-state index contributed by atoms with van der Waals surface area (Å²) in [4.78, 5) is 4.51. The van der Waals surface area contributed by atoms with Gasteiger partial charge >= 0.3 is 0 Å². The second kappa shape index (κ2) is 8.13. The van der Waals surface area contributed by atoms with Crippen molar-refractivity contribution < 1.29 is 9.84 Å². The summed E-state index contributed by atoms with van der Waals surface area (Å²) in [5.74, 6) is 0.513. The number of anilines is 1. The van der Waals surface area contributed by atoms with E-state index in [1.165, 1.54) is 11.3 Å². The van der Waals surface area contributed by atoms with Gasteiger partial charge in [-0.3, -0.25) is 5.43 Å². The monoisotopic (exact) mass is 417 g/mol. The largest absolute Gasteiger partial charge is 0.504 e. The number of hydrogen-bond donors (Lipinski definition) is 2. The minimum absolute atomic E-state index is 0.0891. The van der Waals surface area contributed by atoms with Crippen LogP contribution in [0.4, 0.5) is 5.13 Å². The number of aromatic hydroxyl groups is 1. The van der Waals surface area contributed by atoms with Crippen LogP contribution in [0.2, 0.25) is 0 Å². The molecule has 25 heavy (non-hydrogen) atoms. The molecule has 0 unspecified atom stereocenters. The van der Waals surface area contributed by atoms with Crippen molar-refractivity contribution in [2.75, 3.05) is 12.0 Å². The van der Waals surface area contributed by atoms with Gasteiger partial charge in [-0.1, -0.05) is 30.3 Å². The number of phenols is 1. The molecule has 0 fully saturated rings. The molecular weight excluding hydrogens is 402 g/mol. The van der Waals surface area contributed by atoms with Gasteiger partial charge < -0.3 is 9.84 Å². The maximum atomic E-state index is 9.84. The van der Waals surface area contributed by atoms with Crippen LogP contribution < -0.4 is 10.2 Å². The number of benzene rings is 2. The van der Waals surface area contributed by atoms with Gasteiger partial charge in [-0.2, -0.15) is 5.10 Å². The molecular formula is C18H16BrN3O2S. The minimum Gasteiger partial charge on any atom is -0.504 e. The van der Waals surface area contributed by atoms with E-state index in [-0.39, 0.29) is 5.75 Å². The molecule has 3 aromatic rings. The fourth-order valence-electron chi connectivity index (χ4n) is 2.15. The molecule has 0 saturated carbocycles. The Morgan fingerprint density at radius 3 is 2.88 bits per heavy atom. The third-order valence-corrected chi connectivity index (χ3v) is 4.75. The fourth-order valence-corrected chi connectivity index (χ4v) is 3.25. The highest BCUT2D eigenvalue weighted by Crippen LogP contribution is 2.32. The zero-order chi connectivity index (χ0) is 17.6. The number of hydrazone groups is 1. The van der Waals surface area contributed by atoms with Crippen LogP contribution >= 0.6 is 27.3 Å². The molecule has 1 aromatic heterocycles. The first-order valence-corrected chi connectivity index (χ1v) is 9.30. The average Bonchev–Trinajstić information content (AvgIpc) is 3.08. The lowest BCUT2D eigenvalue weighted by atomic mass is 10.2. The first-order valence-electron chi connectivity index (χ1n) is 7.62. The molecule has 7 heteroatoms. The molecule has 1 heterocycles. The Hall–Kier alpha value is -2.38. The lowest BCUT2D eigenvalue weighted by Crippen LogP contribution is -1.95. The highest BCUT2D eigenvalue weighted by Gasteiger charge is 2.07. The van der Waals surface area contributed by atoms with E-state index >= 15 is 0 Å². The van der Waals surface area contributed by atoms with Gasteiger partial charge in [0.1, 0.15) is 0 Å². The highest BCUT2D eigenvalue weighted by atomic mass is 79.9. The Morgan fingerprint density at radius 1 is 1.32 bits per heavy atom. The molecule has 0 bridgehead atoms. The van der Waals surface area contributed by atoms with E-state index in [4.69, 9.17) is 4.74 Å². The Morgan fingerprint density at radius 2 is 2.12 bits per heavy atom. The molecule has 128 valence electrons. The second-order valence-corrected chi connectivity index (χ2v) is 6.76. The number of rotatable bonds is 6. The summed E-state index contributed by atoms with van der Waals surface area (Å²) in [5, 5.41) is 16.7. The van der Waals surface area contributed by atoms with Gasteiger partial charge in [-0.05, 0) is 35.0 Å². The van der Waals surface area contributed by atoms with Crippen LogP contribution in [0.25, 0.3) is 11.3 Å². The third-order valence-electron chi connectivity index (χ3n) is 3.32. The van der Waals surface area contributed by atoms with Crippen LogP contribution in [0.1, 0.15) is 12.5 Å². The second-order valence-electron chi connectivity index (χ2n) is 5.05. The van der Waals surface area contributed by atoms with Crippen molar-refractivity contribution in [3.63, 3.8) is 0 Å². The molecule has 5 nitrogen and oxygen atoms in total. The molecule has 0 aliphatic heterocycles. The maximum absolute atomic E-state index is 9.84. The van der Waals surface area contributed by atoms with E-state index in [1.807, 2.05) is 42.6 Å². The summed E-state index contributed by atoms with van der Waals surface area (Å²) in [7, 11) is 0. The van der Waals surface area contributed by atoms with Gasteiger partial charge in [-0.15, -0.1) is 11.3 Å². The highest BCUT2D eigenvalue weighted by molar-refractivity contribution is 9.10. The number of halogens is 1. The number of aromatic nitrogens is 1. The summed E-state index contributed by atoms with van der Waals surface area (Å²) >= 11 is 4.89. The number of phenolic OH excluding ortho intramolecular Hbond substituents is 1. The van der Waals surface area contributed by atoms with Crippen LogP contribution in [0.15, 0.2) is 57.4 Å². The van der Waals surface area contributed by atoms with Crippen molar-refractivity contribution in [3.05, 3.63) is 57.9 Å². The zero-order valence-corrected chi connectivity index (χ0v) is 15.8. The van der Waals surface area contributed by atoms with E-state index in [0.29, 0.717) is 17.5 Å². The van der Waals surface area contributed by atoms with E-state index < -0.39 is 0 Å². The van der Waals surface area contributed by atoms with E-state index in [1.54, 1.807) is 18.3 Å². The summed E-state index contributed by atoms with van der Waals surface area (Å²) in [6.07, 6.45) is 1.65. The number of thiazole rings is 1. The average molecular weight is 418 g/mol. The number of hydrogen-bond acceptors (Lipinski definition) is 6. The molecule has 0 atom stereocenters. The third kappa shape index (κ3) is 4.37. The normalized spacial score (nSPS) is 11.0. The number of nitrogens with zero attached hydrogens (tertiary/aromatic N) is 2. The first-order chi connectivity index (χ1) is 12.2. The van der Waals surface area contributed by atoms with E-state index in [0.717, 1.165) is 21.3 Å². The molecule has 0 amide bonds. The number of ether oxygens (including phenoxy) is 1. The van der Waals surface area contributed by atoms with Crippen molar-refractivity contribution in [2.24, 2.45) is 5.10 Å². The predicted molar refractivity (Wildman–Crippen MR) is 106 cm³/mol. The molecule has 0 spiro atoms. The molecule has 0 radical (unpaired) electrons. The smallest absolute Gasteiger partial charge is 0.203 e. The van der Waals surface area contributed by atoms with Crippen molar-refractivity contribution in [1.29, 1.82) is 0 Å². The Bertz CT molecular complexity index is 881. The van der Waals surface area contributed by atoms with Crippen molar-refractivity contribution in [2.45, 2.75) is 6.92 Å². The molecule has 2 N–H and O–H groups in total.